The van der Waals surface area contributed by atoms with Gasteiger partial charge in [0.05, 0.1) is 34.0 Å². The molecule has 0 aromatic heterocycles. The molecule has 2 aromatic rings. The number of hydrogen-bond donors (Lipinski definition) is 1. The first kappa shape index (κ1) is 18.2. The molecule has 2 aromatic carbocycles. The van der Waals surface area contributed by atoms with E-state index in [4.69, 9.17) is 18.9 Å². The maximum atomic E-state index is 12.3. The van der Waals surface area contributed by atoms with E-state index < -0.39 is 0 Å². The van der Waals surface area contributed by atoms with E-state index in [0.717, 1.165) is 0 Å². The summed E-state index contributed by atoms with van der Waals surface area (Å²) >= 11 is 0. The lowest BCUT2D eigenvalue weighted by Gasteiger charge is -2.12. The van der Waals surface area contributed by atoms with E-state index in [9.17, 15) is 9.90 Å². The van der Waals surface area contributed by atoms with Crippen LogP contribution in [0.5, 0.6) is 28.7 Å². The predicted octanol–water partition coefficient (Wildman–Crippen LogP) is 3.32. The molecule has 0 aliphatic heterocycles. The van der Waals surface area contributed by atoms with Crippen LogP contribution < -0.4 is 18.9 Å². The van der Waals surface area contributed by atoms with Crippen LogP contribution in [0.15, 0.2) is 36.4 Å². The highest BCUT2D eigenvalue weighted by Gasteiger charge is 2.12. The summed E-state index contributed by atoms with van der Waals surface area (Å²) in [5.41, 5.74) is 0.942. The first-order valence-electron chi connectivity index (χ1n) is 7.43. The molecule has 0 fully saturated rings. The van der Waals surface area contributed by atoms with Gasteiger partial charge in [-0.3, -0.25) is 4.79 Å². The molecule has 0 heterocycles. The van der Waals surface area contributed by atoms with Crippen molar-refractivity contribution in [1.29, 1.82) is 0 Å². The van der Waals surface area contributed by atoms with Gasteiger partial charge in [0.25, 0.3) is 0 Å². The molecule has 6 heteroatoms. The quantitative estimate of drug-likeness (QED) is 0.613. The molecule has 0 saturated carbocycles. The van der Waals surface area contributed by atoms with Crippen LogP contribution in [0.4, 0.5) is 0 Å². The van der Waals surface area contributed by atoms with Gasteiger partial charge in [-0.2, -0.15) is 0 Å². The van der Waals surface area contributed by atoms with Gasteiger partial charge in [-0.1, -0.05) is 0 Å². The molecule has 0 radical (unpaired) electrons. The number of phenols is 1. The fourth-order valence-electron chi connectivity index (χ4n) is 2.30. The fraction of sp³-hybridized carbons (Fsp3) is 0.211. The summed E-state index contributed by atoms with van der Waals surface area (Å²) in [6.07, 6.45) is 2.98. The summed E-state index contributed by atoms with van der Waals surface area (Å²) in [7, 11) is 6.03. The molecule has 0 aliphatic rings. The van der Waals surface area contributed by atoms with Crippen molar-refractivity contribution in [3.63, 3.8) is 0 Å². The molecule has 6 nitrogen and oxygen atoms in total. The summed E-state index contributed by atoms with van der Waals surface area (Å²) in [5, 5.41) is 9.79. The maximum Gasteiger partial charge on any atom is 0.185 e. The zero-order chi connectivity index (χ0) is 18.4. The molecule has 0 atom stereocenters. The van der Waals surface area contributed by atoms with Crippen LogP contribution in [0.3, 0.4) is 0 Å². The van der Waals surface area contributed by atoms with Gasteiger partial charge >= 0.3 is 0 Å². The number of carbonyl (C=O) groups excluding carboxylic acids is 1. The molecule has 0 aliphatic carbocycles. The Morgan fingerprint density at radius 2 is 1.48 bits per heavy atom. The van der Waals surface area contributed by atoms with Gasteiger partial charge in [0.1, 0.15) is 17.2 Å². The van der Waals surface area contributed by atoms with Crippen LogP contribution in [0, 0.1) is 0 Å². The van der Waals surface area contributed by atoms with Gasteiger partial charge in [-0.15, -0.1) is 0 Å². The van der Waals surface area contributed by atoms with Crippen LogP contribution in [-0.2, 0) is 0 Å². The molecular formula is C19H20O6. The highest BCUT2D eigenvalue weighted by molar-refractivity contribution is 6.07. The number of ketones is 1. The number of rotatable bonds is 7. The highest BCUT2D eigenvalue weighted by atomic mass is 16.5. The van der Waals surface area contributed by atoms with Gasteiger partial charge in [0.15, 0.2) is 17.3 Å². The summed E-state index contributed by atoms with van der Waals surface area (Å²) in [6, 6.07) is 7.87. The summed E-state index contributed by atoms with van der Waals surface area (Å²) in [4.78, 5) is 12.3. The van der Waals surface area contributed by atoms with Crippen LogP contribution in [-0.4, -0.2) is 39.3 Å². The molecule has 0 unspecified atom stereocenters. The molecule has 0 amide bonds. The summed E-state index contributed by atoms with van der Waals surface area (Å²) in [5.74, 6) is 1.53. The Bertz CT molecular complexity index is 769. The second kappa shape index (κ2) is 8.10. The van der Waals surface area contributed by atoms with Crippen molar-refractivity contribution in [1.82, 2.24) is 0 Å². The van der Waals surface area contributed by atoms with Crippen molar-refractivity contribution in [3.05, 3.63) is 47.5 Å². The zero-order valence-corrected chi connectivity index (χ0v) is 14.5. The van der Waals surface area contributed by atoms with Crippen molar-refractivity contribution in [2.24, 2.45) is 0 Å². The topological polar surface area (TPSA) is 74.2 Å². The third-order valence-electron chi connectivity index (χ3n) is 3.62. The number of carbonyl (C=O) groups is 1. The third-order valence-corrected chi connectivity index (χ3v) is 3.62. The number of hydrogen-bond acceptors (Lipinski definition) is 6. The van der Waals surface area contributed by atoms with E-state index in [1.54, 1.807) is 31.4 Å². The second-order valence-electron chi connectivity index (χ2n) is 5.03. The first-order chi connectivity index (χ1) is 12.0. The molecule has 0 saturated heterocycles. The number of phenolic OH excluding ortho intramolecular Hbond substituents is 1. The molecule has 0 spiro atoms. The molecular weight excluding hydrogens is 324 g/mol. The largest absolute Gasteiger partial charge is 0.504 e. The summed E-state index contributed by atoms with van der Waals surface area (Å²) in [6.45, 7) is 0. The lowest BCUT2D eigenvalue weighted by atomic mass is 10.1. The number of benzene rings is 2. The average molecular weight is 344 g/mol. The van der Waals surface area contributed by atoms with E-state index in [1.165, 1.54) is 39.5 Å². The first-order valence-corrected chi connectivity index (χ1v) is 7.43. The van der Waals surface area contributed by atoms with Crippen molar-refractivity contribution in [2.45, 2.75) is 0 Å². The minimum atomic E-state index is -0.280. The standard InChI is InChI=1S/C19H20O6/c1-22-13-10-18(24-3)14(19(11-13)25-4)6-7-15(20)12-5-8-17(23-2)16(21)9-12/h5-11,21H,1-4H3/b7-6+. The zero-order valence-electron chi connectivity index (χ0n) is 14.5. The monoisotopic (exact) mass is 344 g/mol. The Hall–Kier alpha value is -3.15. The molecule has 1 N–H and O–H groups in total. The van der Waals surface area contributed by atoms with Crippen LogP contribution in [0.2, 0.25) is 0 Å². The van der Waals surface area contributed by atoms with Gasteiger partial charge in [-0.25, -0.2) is 0 Å². The SMILES string of the molecule is COc1cc(OC)c(/C=C/C(=O)c2ccc(OC)c(O)c2)c(OC)c1. The molecule has 0 bridgehead atoms. The molecule has 2 rings (SSSR count). The van der Waals surface area contributed by atoms with E-state index in [0.29, 0.717) is 34.1 Å². The Morgan fingerprint density at radius 3 is 1.96 bits per heavy atom. The lowest BCUT2D eigenvalue weighted by Crippen LogP contribution is -1.97. The average Bonchev–Trinajstić information content (AvgIpc) is 2.65. The number of allylic oxidation sites excluding steroid dienone is 1. The fourth-order valence-corrected chi connectivity index (χ4v) is 2.30. The van der Waals surface area contributed by atoms with Gasteiger partial charge < -0.3 is 24.1 Å². The van der Waals surface area contributed by atoms with Gasteiger partial charge in [0, 0.05) is 17.7 Å². The Balaban J connectivity index is 2.35. The Morgan fingerprint density at radius 1 is 0.880 bits per heavy atom. The van der Waals surface area contributed by atoms with Crippen molar-refractivity contribution in [2.75, 3.05) is 28.4 Å². The van der Waals surface area contributed by atoms with Crippen LogP contribution in [0.25, 0.3) is 6.08 Å². The van der Waals surface area contributed by atoms with Crippen LogP contribution >= 0.6 is 0 Å². The van der Waals surface area contributed by atoms with E-state index in [1.807, 2.05) is 0 Å². The Kier molecular flexibility index (Phi) is 5.89. The molecule has 132 valence electrons. The third kappa shape index (κ3) is 4.03. The lowest BCUT2D eigenvalue weighted by molar-refractivity contribution is 0.104. The smallest absolute Gasteiger partial charge is 0.185 e. The van der Waals surface area contributed by atoms with E-state index >= 15 is 0 Å². The predicted molar refractivity (Wildman–Crippen MR) is 94.1 cm³/mol. The van der Waals surface area contributed by atoms with Crippen molar-refractivity contribution in [3.8, 4) is 28.7 Å². The van der Waals surface area contributed by atoms with Gasteiger partial charge in [0.2, 0.25) is 0 Å². The van der Waals surface area contributed by atoms with E-state index in [2.05, 4.69) is 0 Å². The van der Waals surface area contributed by atoms with Crippen LogP contribution in [0.1, 0.15) is 15.9 Å². The number of ether oxygens (including phenoxy) is 4. The second-order valence-corrected chi connectivity index (χ2v) is 5.03. The minimum absolute atomic E-state index is 0.0960. The summed E-state index contributed by atoms with van der Waals surface area (Å²) < 4.78 is 20.8. The molecule has 25 heavy (non-hydrogen) atoms. The van der Waals surface area contributed by atoms with Gasteiger partial charge in [-0.05, 0) is 30.4 Å². The normalized spacial score (nSPS) is 10.6. The van der Waals surface area contributed by atoms with Crippen molar-refractivity contribution < 1.29 is 28.8 Å². The number of aromatic hydroxyl groups is 1. The van der Waals surface area contributed by atoms with Crippen molar-refractivity contribution >= 4 is 11.9 Å². The number of methoxy groups -OCH3 is 4. The minimum Gasteiger partial charge on any atom is -0.504 e. The highest BCUT2D eigenvalue weighted by Crippen LogP contribution is 2.35. The Labute approximate surface area is 146 Å². The van der Waals surface area contributed by atoms with E-state index in [-0.39, 0.29) is 11.5 Å². The maximum absolute atomic E-state index is 12.3.